The zero-order valence-corrected chi connectivity index (χ0v) is 18.8. The van der Waals surface area contributed by atoms with Gasteiger partial charge in [0.2, 0.25) is 5.91 Å². The first kappa shape index (κ1) is 24.4. The number of carbonyl (C=O) groups is 1. The number of aliphatic hydroxyl groups excluding tert-OH is 2. The average molecular weight is 450 g/mol. The summed E-state index contributed by atoms with van der Waals surface area (Å²) in [5, 5.41) is 24.6. The summed E-state index contributed by atoms with van der Waals surface area (Å²) in [5.74, 6) is -0.593. The lowest BCUT2D eigenvalue weighted by molar-refractivity contribution is -0.132. The monoisotopic (exact) mass is 449 g/mol. The maximum Gasteiger partial charge on any atom is 0.226 e. The van der Waals surface area contributed by atoms with Crippen LogP contribution < -0.4 is 5.32 Å². The largest absolute Gasteiger partial charge is 0.394 e. The van der Waals surface area contributed by atoms with Gasteiger partial charge in [0.25, 0.3) is 0 Å². The van der Waals surface area contributed by atoms with Gasteiger partial charge in [-0.3, -0.25) is 4.79 Å². The van der Waals surface area contributed by atoms with E-state index >= 15 is 0 Å². The first-order chi connectivity index (χ1) is 14.2. The zero-order chi connectivity index (χ0) is 22.3. The first-order valence-corrected chi connectivity index (χ1v) is 10.7. The van der Waals surface area contributed by atoms with Gasteiger partial charge in [0.1, 0.15) is 0 Å². The molecule has 2 rings (SSSR count). The van der Waals surface area contributed by atoms with Crippen molar-refractivity contribution in [2.75, 3.05) is 6.61 Å². The van der Waals surface area contributed by atoms with Crippen molar-refractivity contribution in [3.8, 4) is 0 Å². The third-order valence-electron chi connectivity index (χ3n) is 5.33. The molecule has 162 valence electrons. The Labute approximate surface area is 188 Å². The minimum Gasteiger partial charge on any atom is -0.394 e. The molecule has 0 aliphatic carbocycles. The SMILES string of the molecule is C=CC[C@@](C)(C[C@H](c1cccc(Cl)c1)C(O)c1ccc(Cl)cc1)C(=O)N[C@@H](C)CO. The van der Waals surface area contributed by atoms with Crippen molar-refractivity contribution in [3.63, 3.8) is 0 Å². The summed E-state index contributed by atoms with van der Waals surface area (Å²) in [5.41, 5.74) is 0.698. The number of amides is 1. The van der Waals surface area contributed by atoms with Gasteiger partial charge >= 0.3 is 0 Å². The van der Waals surface area contributed by atoms with E-state index in [1.54, 1.807) is 43.3 Å². The molecule has 30 heavy (non-hydrogen) atoms. The Kier molecular flexibility index (Phi) is 8.92. The summed E-state index contributed by atoms with van der Waals surface area (Å²) >= 11 is 12.2. The summed E-state index contributed by atoms with van der Waals surface area (Å²) in [7, 11) is 0. The van der Waals surface area contributed by atoms with Gasteiger partial charge in [-0.25, -0.2) is 0 Å². The molecule has 0 fully saturated rings. The van der Waals surface area contributed by atoms with E-state index in [-0.39, 0.29) is 18.6 Å². The topological polar surface area (TPSA) is 69.6 Å². The average Bonchev–Trinajstić information content (AvgIpc) is 2.72. The number of rotatable bonds is 10. The van der Waals surface area contributed by atoms with Crippen LogP contribution in [0.15, 0.2) is 61.2 Å². The molecule has 0 aliphatic rings. The standard InChI is InChI=1S/C24H29Cl2NO3/c1-4-12-24(3,23(30)27-16(2)15-28)14-21(18-6-5-7-20(26)13-18)22(29)17-8-10-19(25)11-9-17/h4-11,13,16,21-22,28-29H,1,12,14-15H2,2-3H3,(H,27,30)/t16-,21+,22?,24-/m0/s1. The van der Waals surface area contributed by atoms with Gasteiger partial charge in [0.15, 0.2) is 0 Å². The Bertz CT molecular complexity index is 856. The lowest BCUT2D eigenvalue weighted by atomic mass is 9.72. The minimum absolute atomic E-state index is 0.152. The fourth-order valence-electron chi connectivity index (χ4n) is 3.56. The molecule has 0 saturated carbocycles. The molecule has 4 nitrogen and oxygen atoms in total. The Morgan fingerprint density at radius 3 is 2.40 bits per heavy atom. The van der Waals surface area contributed by atoms with E-state index in [1.165, 1.54) is 0 Å². The van der Waals surface area contributed by atoms with Crippen LogP contribution in [0.1, 0.15) is 49.8 Å². The summed E-state index contributed by atoms with van der Waals surface area (Å²) in [6.07, 6.45) is 1.61. The normalized spacial score (nSPS) is 16.2. The molecule has 0 aliphatic heterocycles. The van der Waals surface area contributed by atoms with Gasteiger partial charge < -0.3 is 15.5 Å². The second-order valence-electron chi connectivity index (χ2n) is 7.97. The molecule has 0 heterocycles. The second kappa shape index (κ2) is 11.0. The van der Waals surface area contributed by atoms with Crippen LogP contribution in [0.3, 0.4) is 0 Å². The van der Waals surface area contributed by atoms with Gasteiger partial charge in [0.05, 0.1) is 18.1 Å². The summed E-state index contributed by atoms with van der Waals surface area (Å²) in [6, 6.07) is 14.0. The van der Waals surface area contributed by atoms with E-state index in [9.17, 15) is 15.0 Å². The number of aliphatic hydroxyl groups is 2. The van der Waals surface area contributed by atoms with Gasteiger partial charge in [-0.05, 0) is 55.2 Å². The van der Waals surface area contributed by atoms with Gasteiger partial charge in [-0.1, -0.05) is 60.5 Å². The number of carbonyl (C=O) groups excluding carboxylic acids is 1. The smallest absolute Gasteiger partial charge is 0.226 e. The molecule has 0 aromatic heterocycles. The fourth-order valence-corrected chi connectivity index (χ4v) is 3.88. The molecule has 0 saturated heterocycles. The lowest BCUT2D eigenvalue weighted by Gasteiger charge is -2.35. The van der Waals surface area contributed by atoms with Crippen molar-refractivity contribution in [2.45, 2.75) is 44.8 Å². The molecule has 2 aromatic rings. The zero-order valence-electron chi connectivity index (χ0n) is 17.3. The van der Waals surface area contributed by atoms with Crippen molar-refractivity contribution < 1.29 is 15.0 Å². The first-order valence-electron chi connectivity index (χ1n) is 9.92. The number of halogens is 2. The van der Waals surface area contributed by atoms with Crippen LogP contribution in [0.5, 0.6) is 0 Å². The number of hydrogen-bond acceptors (Lipinski definition) is 3. The number of hydrogen-bond donors (Lipinski definition) is 3. The highest BCUT2D eigenvalue weighted by molar-refractivity contribution is 6.30. The van der Waals surface area contributed by atoms with E-state index in [1.807, 2.05) is 25.1 Å². The third-order valence-corrected chi connectivity index (χ3v) is 5.82. The van der Waals surface area contributed by atoms with Crippen LogP contribution in [-0.4, -0.2) is 28.8 Å². The van der Waals surface area contributed by atoms with E-state index in [0.717, 1.165) is 5.56 Å². The quantitative estimate of drug-likeness (QED) is 0.432. The molecule has 3 N–H and O–H groups in total. The maximum atomic E-state index is 13.1. The predicted octanol–water partition coefficient (Wildman–Crippen LogP) is 5.28. The van der Waals surface area contributed by atoms with E-state index in [4.69, 9.17) is 23.2 Å². The van der Waals surface area contributed by atoms with Crippen LogP contribution in [0.25, 0.3) is 0 Å². The molecule has 4 atom stereocenters. The Morgan fingerprint density at radius 2 is 1.83 bits per heavy atom. The van der Waals surface area contributed by atoms with Crippen molar-refractivity contribution in [2.24, 2.45) is 5.41 Å². The minimum atomic E-state index is -0.868. The second-order valence-corrected chi connectivity index (χ2v) is 8.85. The van der Waals surface area contributed by atoms with E-state index < -0.39 is 17.4 Å². The Morgan fingerprint density at radius 1 is 1.17 bits per heavy atom. The van der Waals surface area contributed by atoms with Crippen LogP contribution in [0.4, 0.5) is 0 Å². The number of benzene rings is 2. The van der Waals surface area contributed by atoms with Crippen LogP contribution in [0, 0.1) is 5.41 Å². The molecule has 1 unspecified atom stereocenters. The lowest BCUT2D eigenvalue weighted by Crippen LogP contribution is -2.45. The van der Waals surface area contributed by atoms with Crippen LogP contribution in [0.2, 0.25) is 10.0 Å². The van der Waals surface area contributed by atoms with E-state index in [2.05, 4.69) is 11.9 Å². The molecule has 0 spiro atoms. The highest BCUT2D eigenvalue weighted by Crippen LogP contribution is 2.43. The van der Waals surface area contributed by atoms with Gasteiger partial charge in [-0.15, -0.1) is 6.58 Å². The Balaban J connectivity index is 2.44. The van der Waals surface area contributed by atoms with Crippen LogP contribution >= 0.6 is 23.2 Å². The highest BCUT2D eigenvalue weighted by Gasteiger charge is 2.38. The highest BCUT2D eigenvalue weighted by atomic mass is 35.5. The van der Waals surface area contributed by atoms with Crippen molar-refractivity contribution in [3.05, 3.63) is 82.4 Å². The molecule has 6 heteroatoms. The van der Waals surface area contributed by atoms with E-state index in [0.29, 0.717) is 28.5 Å². The molecule has 0 radical (unpaired) electrons. The number of allylic oxidation sites excluding steroid dienone is 1. The predicted molar refractivity (Wildman–Crippen MR) is 123 cm³/mol. The molecular formula is C24H29Cl2NO3. The molecular weight excluding hydrogens is 421 g/mol. The van der Waals surface area contributed by atoms with Crippen molar-refractivity contribution in [1.82, 2.24) is 5.32 Å². The van der Waals surface area contributed by atoms with Gasteiger partial charge in [0, 0.05) is 22.0 Å². The Hall–Kier alpha value is -1.85. The fraction of sp³-hybridized carbons (Fsp3) is 0.375. The van der Waals surface area contributed by atoms with Gasteiger partial charge in [-0.2, -0.15) is 0 Å². The molecule has 0 bridgehead atoms. The summed E-state index contributed by atoms with van der Waals surface area (Å²) in [6.45, 7) is 7.24. The molecule has 2 aromatic carbocycles. The van der Waals surface area contributed by atoms with Crippen molar-refractivity contribution in [1.29, 1.82) is 0 Å². The van der Waals surface area contributed by atoms with Crippen molar-refractivity contribution >= 4 is 29.1 Å². The maximum absolute atomic E-state index is 13.1. The van der Waals surface area contributed by atoms with Crippen LogP contribution in [-0.2, 0) is 4.79 Å². The summed E-state index contributed by atoms with van der Waals surface area (Å²) in [4.78, 5) is 13.1. The number of nitrogens with one attached hydrogen (secondary N) is 1. The third kappa shape index (κ3) is 6.32. The summed E-state index contributed by atoms with van der Waals surface area (Å²) < 4.78 is 0. The molecule has 1 amide bonds.